The van der Waals surface area contributed by atoms with Crippen LogP contribution in [-0.4, -0.2) is 6.36 Å². The molecule has 1 nitrogen and oxygen atoms in total. The Morgan fingerprint density at radius 1 is 1.27 bits per heavy atom. The Bertz CT molecular complexity index is 347. The minimum Gasteiger partial charge on any atom is -0.406 e. The lowest BCUT2D eigenvalue weighted by atomic mass is 10.0. The first kappa shape index (κ1) is 12.2. The van der Waals surface area contributed by atoms with Crippen molar-refractivity contribution in [2.24, 2.45) is 0 Å². The topological polar surface area (TPSA) is 9.23 Å². The largest absolute Gasteiger partial charge is 0.573 e. The molecule has 0 unspecified atom stereocenters. The van der Waals surface area contributed by atoms with Crippen molar-refractivity contribution >= 4 is 11.6 Å². The molecule has 0 heterocycles. The summed E-state index contributed by atoms with van der Waals surface area (Å²) < 4.78 is 39.3. The molecule has 0 aliphatic rings. The number of hydrogen-bond acceptors (Lipinski definition) is 1. The fourth-order valence-electron chi connectivity index (χ4n) is 1.17. The van der Waals surface area contributed by atoms with Crippen molar-refractivity contribution in [3.05, 3.63) is 28.8 Å². The van der Waals surface area contributed by atoms with Gasteiger partial charge >= 0.3 is 6.36 Å². The summed E-state index contributed by atoms with van der Waals surface area (Å²) in [6, 6.07) is 3.97. The zero-order valence-corrected chi connectivity index (χ0v) is 8.99. The van der Waals surface area contributed by atoms with Crippen LogP contribution in [-0.2, 0) is 0 Å². The van der Waals surface area contributed by atoms with E-state index in [9.17, 15) is 13.2 Å². The third-order valence-corrected chi connectivity index (χ3v) is 2.15. The molecule has 0 amide bonds. The van der Waals surface area contributed by atoms with E-state index < -0.39 is 6.36 Å². The van der Waals surface area contributed by atoms with Gasteiger partial charge in [-0.05, 0) is 23.6 Å². The van der Waals surface area contributed by atoms with Crippen molar-refractivity contribution in [3.63, 3.8) is 0 Å². The Morgan fingerprint density at radius 3 is 2.27 bits per heavy atom. The first-order valence-corrected chi connectivity index (χ1v) is 4.72. The lowest BCUT2D eigenvalue weighted by Crippen LogP contribution is -2.17. The summed E-state index contributed by atoms with van der Waals surface area (Å²) in [6.07, 6.45) is -4.68. The summed E-state index contributed by atoms with van der Waals surface area (Å²) in [5.41, 5.74) is 0.797. The van der Waals surface area contributed by atoms with Gasteiger partial charge in [-0.15, -0.1) is 13.2 Å². The predicted octanol–water partition coefficient (Wildman–Crippen LogP) is 4.36. The SMILES string of the molecule is CC(C)c1ccc(OC(F)(F)F)cc1Cl. The molecule has 1 rings (SSSR count). The van der Waals surface area contributed by atoms with Crippen LogP contribution in [0.2, 0.25) is 5.02 Å². The second kappa shape index (κ2) is 4.31. The molecule has 0 aromatic heterocycles. The average molecular weight is 239 g/mol. The van der Waals surface area contributed by atoms with Crippen molar-refractivity contribution in [1.82, 2.24) is 0 Å². The van der Waals surface area contributed by atoms with Gasteiger partial charge in [-0.3, -0.25) is 0 Å². The maximum atomic E-state index is 11.9. The van der Waals surface area contributed by atoms with Crippen LogP contribution in [0, 0.1) is 0 Å². The molecule has 5 heteroatoms. The Balaban J connectivity index is 2.92. The molecular weight excluding hydrogens is 229 g/mol. The molecular formula is C10H10ClF3O. The van der Waals surface area contributed by atoms with Gasteiger partial charge in [0, 0.05) is 5.02 Å². The predicted molar refractivity (Wildman–Crippen MR) is 52.2 cm³/mol. The molecule has 0 N–H and O–H groups in total. The van der Waals surface area contributed by atoms with E-state index in [1.54, 1.807) is 0 Å². The molecule has 0 aliphatic carbocycles. The fourth-order valence-corrected chi connectivity index (χ4v) is 1.56. The minimum absolute atomic E-state index is 0.164. The van der Waals surface area contributed by atoms with Gasteiger partial charge in [0.25, 0.3) is 0 Å². The molecule has 84 valence electrons. The molecule has 0 atom stereocenters. The van der Waals surface area contributed by atoms with E-state index in [-0.39, 0.29) is 16.7 Å². The first-order valence-electron chi connectivity index (χ1n) is 4.35. The standard InChI is InChI=1S/C10H10ClF3O/c1-6(2)8-4-3-7(5-9(8)11)15-10(12,13)14/h3-6H,1-2H3. The van der Waals surface area contributed by atoms with E-state index in [1.807, 2.05) is 13.8 Å². The second-order valence-electron chi connectivity index (χ2n) is 3.39. The van der Waals surface area contributed by atoms with E-state index in [0.717, 1.165) is 5.56 Å². The third-order valence-electron chi connectivity index (χ3n) is 1.83. The normalized spacial score (nSPS) is 11.9. The van der Waals surface area contributed by atoms with Gasteiger partial charge in [0.15, 0.2) is 0 Å². The maximum Gasteiger partial charge on any atom is 0.573 e. The third kappa shape index (κ3) is 3.63. The van der Waals surface area contributed by atoms with E-state index in [1.165, 1.54) is 18.2 Å². The molecule has 1 aromatic rings. The number of alkyl halides is 3. The lowest BCUT2D eigenvalue weighted by molar-refractivity contribution is -0.274. The smallest absolute Gasteiger partial charge is 0.406 e. The number of hydrogen-bond donors (Lipinski definition) is 0. The van der Waals surface area contributed by atoms with E-state index in [0.29, 0.717) is 0 Å². The number of ether oxygens (including phenoxy) is 1. The van der Waals surface area contributed by atoms with Gasteiger partial charge in [0.1, 0.15) is 5.75 Å². The monoisotopic (exact) mass is 238 g/mol. The highest BCUT2D eigenvalue weighted by atomic mass is 35.5. The van der Waals surface area contributed by atoms with Gasteiger partial charge in [-0.25, -0.2) is 0 Å². The van der Waals surface area contributed by atoms with Gasteiger partial charge in [-0.2, -0.15) is 0 Å². The van der Waals surface area contributed by atoms with Crippen LogP contribution in [0.25, 0.3) is 0 Å². The van der Waals surface area contributed by atoms with Crippen LogP contribution >= 0.6 is 11.6 Å². The highest BCUT2D eigenvalue weighted by Crippen LogP contribution is 2.30. The lowest BCUT2D eigenvalue weighted by Gasteiger charge is -2.12. The summed E-state index contributed by atoms with van der Waals surface area (Å²) in [5, 5.41) is 0.284. The maximum absolute atomic E-state index is 11.9. The van der Waals surface area contributed by atoms with Gasteiger partial charge in [-0.1, -0.05) is 31.5 Å². The highest BCUT2D eigenvalue weighted by molar-refractivity contribution is 6.31. The molecule has 1 aromatic carbocycles. The summed E-state index contributed by atoms with van der Waals surface area (Å²) in [4.78, 5) is 0. The number of rotatable bonds is 2. The zero-order chi connectivity index (χ0) is 11.6. The van der Waals surface area contributed by atoms with Crippen LogP contribution in [0.3, 0.4) is 0 Å². The second-order valence-corrected chi connectivity index (χ2v) is 3.79. The Morgan fingerprint density at radius 2 is 1.87 bits per heavy atom. The molecule has 0 fully saturated rings. The fraction of sp³-hybridized carbons (Fsp3) is 0.400. The summed E-state index contributed by atoms with van der Waals surface area (Å²) in [7, 11) is 0. The Kier molecular flexibility index (Phi) is 3.50. The molecule has 0 radical (unpaired) electrons. The van der Waals surface area contributed by atoms with Gasteiger partial charge in [0.2, 0.25) is 0 Å². The van der Waals surface area contributed by atoms with E-state index >= 15 is 0 Å². The molecule has 0 saturated heterocycles. The van der Waals surface area contributed by atoms with E-state index in [2.05, 4.69) is 4.74 Å². The van der Waals surface area contributed by atoms with Crippen LogP contribution < -0.4 is 4.74 Å². The minimum atomic E-state index is -4.68. The first-order chi connectivity index (χ1) is 6.79. The van der Waals surface area contributed by atoms with Crippen LogP contribution in [0.1, 0.15) is 25.3 Å². The van der Waals surface area contributed by atoms with Crippen LogP contribution in [0.5, 0.6) is 5.75 Å². The van der Waals surface area contributed by atoms with Crippen molar-refractivity contribution in [3.8, 4) is 5.75 Å². The molecule has 15 heavy (non-hydrogen) atoms. The van der Waals surface area contributed by atoms with Crippen LogP contribution in [0.4, 0.5) is 13.2 Å². The van der Waals surface area contributed by atoms with Crippen molar-refractivity contribution in [2.75, 3.05) is 0 Å². The highest BCUT2D eigenvalue weighted by Gasteiger charge is 2.31. The molecule has 0 bridgehead atoms. The molecule has 0 spiro atoms. The van der Waals surface area contributed by atoms with Gasteiger partial charge in [0.05, 0.1) is 0 Å². The molecule has 0 aliphatic heterocycles. The van der Waals surface area contributed by atoms with Crippen molar-refractivity contribution in [2.45, 2.75) is 26.1 Å². The van der Waals surface area contributed by atoms with Crippen molar-refractivity contribution < 1.29 is 17.9 Å². The Labute approximate surface area is 90.8 Å². The Hall–Kier alpha value is -0.900. The van der Waals surface area contributed by atoms with E-state index in [4.69, 9.17) is 11.6 Å². The number of halogens is 4. The zero-order valence-electron chi connectivity index (χ0n) is 8.23. The van der Waals surface area contributed by atoms with Crippen LogP contribution in [0.15, 0.2) is 18.2 Å². The quantitative estimate of drug-likeness (QED) is 0.744. The summed E-state index contributed by atoms with van der Waals surface area (Å²) in [6.45, 7) is 3.82. The molecule has 0 saturated carbocycles. The summed E-state index contributed by atoms with van der Waals surface area (Å²) >= 11 is 5.81. The van der Waals surface area contributed by atoms with Crippen molar-refractivity contribution in [1.29, 1.82) is 0 Å². The number of benzene rings is 1. The average Bonchev–Trinajstić information content (AvgIpc) is 1.99. The van der Waals surface area contributed by atoms with Gasteiger partial charge < -0.3 is 4.74 Å². The summed E-state index contributed by atoms with van der Waals surface area (Å²) in [5.74, 6) is -0.130.